The van der Waals surface area contributed by atoms with Gasteiger partial charge in [0.25, 0.3) is 0 Å². The molecule has 1 saturated heterocycles. The predicted octanol–water partition coefficient (Wildman–Crippen LogP) is 0.114. The average molecular weight is 311 g/mol. The molecule has 1 aromatic heterocycles. The minimum atomic E-state index is -3.60. The number of nitrogens with zero attached hydrogens (tertiary/aromatic N) is 2. The van der Waals surface area contributed by atoms with Crippen LogP contribution < -0.4 is 11.1 Å². The van der Waals surface area contributed by atoms with Crippen LogP contribution in [0.3, 0.4) is 0 Å². The van der Waals surface area contributed by atoms with Crippen molar-refractivity contribution in [2.45, 2.75) is 17.4 Å². The summed E-state index contributed by atoms with van der Waals surface area (Å²) >= 11 is 0. The summed E-state index contributed by atoms with van der Waals surface area (Å²) in [6, 6.07) is 4.46. The zero-order valence-corrected chi connectivity index (χ0v) is 12.7. The summed E-state index contributed by atoms with van der Waals surface area (Å²) in [6.45, 7) is 1.47. The summed E-state index contributed by atoms with van der Waals surface area (Å²) in [7, 11) is -0.432. The van der Waals surface area contributed by atoms with E-state index < -0.39 is 15.8 Å². The van der Waals surface area contributed by atoms with Gasteiger partial charge < -0.3 is 9.73 Å². The van der Waals surface area contributed by atoms with Crippen molar-refractivity contribution in [2.75, 3.05) is 20.1 Å². The number of aryl methyl sites for hydroxylation is 1. The molecule has 0 bridgehead atoms. The Morgan fingerprint density at radius 2 is 2.19 bits per heavy atom. The summed E-state index contributed by atoms with van der Waals surface area (Å²) in [4.78, 5) is 11.6. The van der Waals surface area contributed by atoms with Gasteiger partial charge in [0.1, 0.15) is 0 Å². The molecule has 0 radical (unpaired) electrons. The lowest BCUT2D eigenvalue weighted by Gasteiger charge is -2.23. The Bertz CT molecular complexity index is 831. The first-order valence-electron chi connectivity index (χ1n) is 6.69. The molecule has 1 aliphatic heterocycles. The maximum atomic E-state index is 12.6. The fourth-order valence-electron chi connectivity index (χ4n) is 2.59. The predicted molar refractivity (Wildman–Crippen MR) is 77.7 cm³/mol. The number of rotatable bonds is 3. The van der Waals surface area contributed by atoms with Crippen molar-refractivity contribution in [3.05, 3.63) is 28.7 Å². The maximum Gasteiger partial charge on any atom is 0.419 e. The molecule has 1 aliphatic rings. The van der Waals surface area contributed by atoms with Gasteiger partial charge in [-0.2, -0.15) is 4.31 Å². The number of nitrogens with one attached hydrogen (secondary N) is 1. The highest BCUT2D eigenvalue weighted by atomic mass is 32.2. The molecule has 21 heavy (non-hydrogen) atoms. The standard InChI is InChI=1S/C13H17N3O4S/c1-15-11-4-3-10(7-12(11)20-13(15)17)21(18,19)16(2)9-5-6-14-8-9/h3-4,7,9,14H,5-6,8H2,1-2H3. The number of benzene rings is 1. The zero-order chi connectivity index (χ0) is 15.2. The number of aromatic nitrogens is 1. The normalized spacial score (nSPS) is 19.7. The van der Waals surface area contributed by atoms with E-state index in [4.69, 9.17) is 4.42 Å². The van der Waals surface area contributed by atoms with E-state index in [9.17, 15) is 13.2 Å². The third-order valence-electron chi connectivity index (χ3n) is 3.99. The molecule has 3 rings (SSSR count). The van der Waals surface area contributed by atoms with Gasteiger partial charge in [-0.05, 0) is 25.1 Å². The number of hydrogen-bond donors (Lipinski definition) is 1. The van der Waals surface area contributed by atoms with Crippen molar-refractivity contribution in [1.82, 2.24) is 14.2 Å². The molecule has 114 valence electrons. The summed E-state index contributed by atoms with van der Waals surface area (Å²) in [6.07, 6.45) is 0.790. The van der Waals surface area contributed by atoms with Gasteiger partial charge in [-0.25, -0.2) is 13.2 Å². The molecule has 0 saturated carbocycles. The van der Waals surface area contributed by atoms with Crippen molar-refractivity contribution in [3.63, 3.8) is 0 Å². The molecule has 1 atom stereocenters. The van der Waals surface area contributed by atoms with Crippen LogP contribution in [0.25, 0.3) is 11.1 Å². The van der Waals surface area contributed by atoms with Crippen LogP contribution in [0.4, 0.5) is 0 Å². The highest BCUT2D eigenvalue weighted by Gasteiger charge is 2.30. The second kappa shape index (κ2) is 4.97. The molecule has 1 unspecified atom stereocenters. The summed E-state index contributed by atoms with van der Waals surface area (Å²) in [5.41, 5.74) is 0.852. The van der Waals surface area contributed by atoms with Crippen LogP contribution in [0.5, 0.6) is 0 Å². The average Bonchev–Trinajstić information content (AvgIpc) is 3.07. The topological polar surface area (TPSA) is 84.6 Å². The maximum absolute atomic E-state index is 12.6. The van der Waals surface area contributed by atoms with Crippen molar-refractivity contribution in [1.29, 1.82) is 0 Å². The lowest BCUT2D eigenvalue weighted by atomic mass is 10.3. The SMILES string of the molecule is CN(C1CCNC1)S(=O)(=O)c1ccc2c(c1)oc(=O)n2C. The third-order valence-corrected chi connectivity index (χ3v) is 5.90. The quantitative estimate of drug-likeness (QED) is 0.870. The van der Waals surface area contributed by atoms with Gasteiger partial charge in [0.2, 0.25) is 10.0 Å². The van der Waals surface area contributed by atoms with Gasteiger partial charge in [0.15, 0.2) is 5.58 Å². The van der Waals surface area contributed by atoms with Crippen molar-refractivity contribution < 1.29 is 12.8 Å². The van der Waals surface area contributed by atoms with Crippen molar-refractivity contribution in [3.8, 4) is 0 Å². The lowest BCUT2D eigenvalue weighted by molar-refractivity contribution is 0.387. The minimum Gasteiger partial charge on any atom is -0.408 e. The fraction of sp³-hybridized carbons (Fsp3) is 0.462. The zero-order valence-electron chi connectivity index (χ0n) is 11.9. The van der Waals surface area contributed by atoms with E-state index in [-0.39, 0.29) is 16.5 Å². The Morgan fingerprint density at radius 3 is 2.86 bits per heavy atom. The summed E-state index contributed by atoms with van der Waals surface area (Å²) in [5, 5.41) is 3.15. The van der Waals surface area contributed by atoms with Crippen LogP contribution in [-0.2, 0) is 17.1 Å². The number of sulfonamides is 1. The van der Waals surface area contributed by atoms with Gasteiger partial charge in [0, 0.05) is 32.7 Å². The third kappa shape index (κ3) is 2.29. The van der Waals surface area contributed by atoms with Crippen LogP contribution in [-0.4, -0.2) is 43.5 Å². The molecule has 0 spiro atoms. The molecule has 2 heterocycles. The van der Waals surface area contributed by atoms with Crippen LogP contribution in [0.1, 0.15) is 6.42 Å². The van der Waals surface area contributed by atoms with Gasteiger partial charge in [-0.15, -0.1) is 0 Å². The Kier molecular flexibility index (Phi) is 3.39. The van der Waals surface area contributed by atoms with E-state index in [2.05, 4.69) is 5.32 Å². The van der Waals surface area contributed by atoms with E-state index >= 15 is 0 Å². The van der Waals surface area contributed by atoms with E-state index in [1.165, 1.54) is 21.0 Å². The Balaban J connectivity index is 2.04. The summed E-state index contributed by atoms with van der Waals surface area (Å²) < 4.78 is 33.0. The second-order valence-electron chi connectivity index (χ2n) is 5.22. The molecular formula is C13H17N3O4S. The molecule has 1 aromatic carbocycles. The van der Waals surface area contributed by atoms with Gasteiger partial charge in [-0.1, -0.05) is 0 Å². The smallest absolute Gasteiger partial charge is 0.408 e. The van der Waals surface area contributed by atoms with E-state index in [0.717, 1.165) is 13.0 Å². The Labute approximate surface area is 122 Å². The van der Waals surface area contributed by atoms with Crippen LogP contribution >= 0.6 is 0 Å². The lowest BCUT2D eigenvalue weighted by Crippen LogP contribution is -2.38. The molecule has 8 heteroatoms. The monoisotopic (exact) mass is 311 g/mol. The van der Waals surface area contributed by atoms with E-state index in [0.29, 0.717) is 12.1 Å². The number of hydrogen-bond acceptors (Lipinski definition) is 5. The molecule has 2 aromatic rings. The van der Waals surface area contributed by atoms with Crippen LogP contribution in [0.2, 0.25) is 0 Å². The first-order valence-corrected chi connectivity index (χ1v) is 8.13. The van der Waals surface area contributed by atoms with E-state index in [1.807, 2.05) is 0 Å². The van der Waals surface area contributed by atoms with Gasteiger partial charge in [-0.3, -0.25) is 4.57 Å². The van der Waals surface area contributed by atoms with Crippen molar-refractivity contribution >= 4 is 21.1 Å². The molecule has 1 fully saturated rings. The number of oxazole rings is 1. The Hall–Kier alpha value is -1.64. The molecule has 0 aliphatic carbocycles. The first kappa shape index (κ1) is 14.3. The highest BCUT2D eigenvalue weighted by Crippen LogP contribution is 2.23. The molecular weight excluding hydrogens is 294 g/mol. The highest BCUT2D eigenvalue weighted by molar-refractivity contribution is 7.89. The first-order chi connectivity index (χ1) is 9.91. The number of likely N-dealkylation sites (N-methyl/N-ethyl adjacent to an activating group) is 1. The van der Waals surface area contributed by atoms with Crippen LogP contribution in [0, 0.1) is 0 Å². The van der Waals surface area contributed by atoms with Crippen LogP contribution in [0.15, 0.2) is 32.3 Å². The van der Waals surface area contributed by atoms with Gasteiger partial charge >= 0.3 is 5.76 Å². The van der Waals surface area contributed by atoms with E-state index in [1.54, 1.807) is 20.2 Å². The summed E-state index contributed by atoms with van der Waals surface area (Å²) in [5.74, 6) is -0.507. The number of fused-ring (bicyclic) bond motifs is 1. The Morgan fingerprint density at radius 1 is 1.43 bits per heavy atom. The molecule has 0 amide bonds. The molecule has 7 nitrogen and oxygen atoms in total. The second-order valence-corrected chi connectivity index (χ2v) is 7.22. The molecule has 1 N–H and O–H groups in total. The van der Waals surface area contributed by atoms with Crippen molar-refractivity contribution in [2.24, 2.45) is 7.05 Å². The largest absolute Gasteiger partial charge is 0.419 e. The fourth-order valence-corrected chi connectivity index (χ4v) is 3.99. The minimum absolute atomic E-state index is 0.0477. The van der Waals surface area contributed by atoms with Gasteiger partial charge in [0.05, 0.1) is 10.4 Å².